The van der Waals surface area contributed by atoms with Crippen molar-refractivity contribution in [2.24, 2.45) is 0 Å². The number of hydrogen-bond donors (Lipinski definition) is 2. The van der Waals surface area contributed by atoms with Crippen LogP contribution in [0.1, 0.15) is 22.8 Å². The van der Waals surface area contributed by atoms with Crippen LogP contribution < -0.4 is 0 Å². The molecule has 2 N–H and O–H groups in total. The maximum absolute atomic E-state index is 4.62. The Labute approximate surface area is 215 Å². The van der Waals surface area contributed by atoms with E-state index >= 15 is 0 Å². The minimum atomic E-state index is 0. The number of rotatable bonds is 0. The largest absolute Gasteiger partial charge is 0.355 e. The molecule has 2 aliphatic heterocycles. The van der Waals surface area contributed by atoms with Gasteiger partial charge in [0.25, 0.3) is 0 Å². The molecule has 0 saturated heterocycles. The molecule has 5 nitrogen and oxygen atoms in total. The van der Waals surface area contributed by atoms with Gasteiger partial charge in [-0.05, 0) is 85.0 Å². The third-order valence-electron chi connectivity index (χ3n) is 5.55. The Bertz CT molecular complexity index is 1570. The Morgan fingerprint density at radius 3 is 1.54 bits per heavy atom. The molecule has 0 amide bonds. The molecule has 1 aromatic carbocycles. The fourth-order valence-corrected chi connectivity index (χ4v) is 3.96. The summed E-state index contributed by atoms with van der Waals surface area (Å²) < 4.78 is 0. The van der Waals surface area contributed by atoms with Crippen LogP contribution in [0.4, 0.5) is 0 Å². The van der Waals surface area contributed by atoms with Gasteiger partial charge in [-0.2, -0.15) is 0 Å². The third-order valence-corrected chi connectivity index (χ3v) is 5.55. The van der Waals surface area contributed by atoms with Crippen LogP contribution >= 0.6 is 0 Å². The first-order valence-corrected chi connectivity index (χ1v) is 11.1. The van der Waals surface area contributed by atoms with Gasteiger partial charge in [-0.25, -0.2) is 9.97 Å². The molecule has 0 radical (unpaired) electrons. The Kier molecular flexibility index (Phi) is 6.47. The van der Waals surface area contributed by atoms with Crippen LogP contribution in [0.5, 0.6) is 0 Å². The maximum Gasteiger partial charge on any atom is 0.0701 e. The van der Waals surface area contributed by atoms with Crippen molar-refractivity contribution in [2.75, 3.05) is 0 Å². The van der Waals surface area contributed by atoms with E-state index in [1.807, 2.05) is 73.0 Å². The Morgan fingerprint density at radius 2 is 0.971 bits per heavy atom. The van der Waals surface area contributed by atoms with Crippen molar-refractivity contribution in [1.82, 2.24) is 24.9 Å². The second kappa shape index (κ2) is 10.00. The standard InChI is InChI=1S/C20H14N4.C9H7N.Zn/c1-2-14-10-16-5-6-18(23-16)12-20-8-7-19(24-20)11-17-4-3-15(22-17)9-13(1)21-14;1-2-6-9-8(4-1)5-3-7-10-9;/h1-12,21-22H;1-7H;. The van der Waals surface area contributed by atoms with E-state index in [1.54, 1.807) is 0 Å². The first-order chi connectivity index (χ1) is 16.8. The molecule has 7 rings (SSSR count). The van der Waals surface area contributed by atoms with Crippen molar-refractivity contribution in [3.8, 4) is 0 Å². The average Bonchev–Trinajstić information content (AvgIpc) is 3.66. The van der Waals surface area contributed by atoms with Gasteiger partial charge in [0.05, 0.1) is 28.3 Å². The molecule has 0 unspecified atom stereocenters. The molecular formula is C29H21N5Zn. The van der Waals surface area contributed by atoms with E-state index in [-0.39, 0.29) is 19.5 Å². The van der Waals surface area contributed by atoms with E-state index < -0.39 is 0 Å². The summed E-state index contributed by atoms with van der Waals surface area (Å²) in [6.07, 6.45) is 9.86. The predicted octanol–water partition coefficient (Wildman–Crippen LogP) is 6.89. The summed E-state index contributed by atoms with van der Waals surface area (Å²) in [4.78, 5) is 20.2. The van der Waals surface area contributed by atoms with Crippen molar-refractivity contribution in [2.45, 2.75) is 0 Å². The van der Waals surface area contributed by atoms with Gasteiger partial charge < -0.3 is 9.97 Å². The summed E-state index contributed by atoms with van der Waals surface area (Å²) in [5.74, 6) is 0. The predicted molar refractivity (Wildman–Crippen MR) is 141 cm³/mol. The molecule has 4 aromatic heterocycles. The number of benzene rings is 1. The quantitative estimate of drug-likeness (QED) is 0.221. The number of nitrogens with zero attached hydrogens (tertiary/aromatic N) is 3. The molecule has 0 atom stereocenters. The number of aromatic nitrogens is 5. The van der Waals surface area contributed by atoms with Crippen LogP contribution in [-0.2, 0) is 19.5 Å². The molecule has 8 bridgehead atoms. The van der Waals surface area contributed by atoms with E-state index in [2.05, 4.69) is 67.4 Å². The van der Waals surface area contributed by atoms with Crippen LogP contribution in [0, 0.1) is 0 Å². The summed E-state index contributed by atoms with van der Waals surface area (Å²) in [5.41, 5.74) is 8.92. The van der Waals surface area contributed by atoms with Gasteiger partial charge in [-0.1, -0.05) is 24.3 Å². The van der Waals surface area contributed by atoms with Crippen molar-refractivity contribution in [3.63, 3.8) is 0 Å². The molecular weight excluding hydrogens is 484 g/mol. The average molecular weight is 505 g/mol. The number of fused-ring (bicyclic) bond motifs is 9. The summed E-state index contributed by atoms with van der Waals surface area (Å²) >= 11 is 0. The van der Waals surface area contributed by atoms with Crippen molar-refractivity contribution in [3.05, 3.63) is 114 Å². The SMILES string of the molecule is C1=Cc2cc3ccc(cc4ccc(cc5nc(cc1n2)C=C5)[nH]4)[nH]3.[Zn].c1ccc2ncccc2c1. The molecule has 0 saturated carbocycles. The number of hydrogen-bond acceptors (Lipinski definition) is 3. The Balaban J connectivity index is 0.000000194. The van der Waals surface area contributed by atoms with Crippen LogP contribution in [-0.4, -0.2) is 24.9 Å². The van der Waals surface area contributed by atoms with Crippen LogP contribution in [0.3, 0.4) is 0 Å². The minimum absolute atomic E-state index is 0. The van der Waals surface area contributed by atoms with Gasteiger partial charge in [0.2, 0.25) is 0 Å². The molecule has 0 fully saturated rings. The van der Waals surface area contributed by atoms with Gasteiger partial charge in [0.15, 0.2) is 0 Å². The van der Waals surface area contributed by atoms with Crippen molar-refractivity contribution in [1.29, 1.82) is 0 Å². The molecule has 164 valence electrons. The maximum atomic E-state index is 4.62. The minimum Gasteiger partial charge on any atom is -0.355 e. The van der Waals surface area contributed by atoms with Crippen molar-refractivity contribution < 1.29 is 19.5 Å². The van der Waals surface area contributed by atoms with E-state index in [0.29, 0.717) is 0 Å². The third kappa shape index (κ3) is 5.34. The smallest absolute Gasteiger partial charge is 0.0701 e. The van der Waals surface area contributed by atoms with E-state index in [1.165, 1.54) is 5.39 Å². The zero-order valence-electron chi connectivity index (χ0n) is 19.0. The normalized spacial score (nSPS) is 11.5. The van der Waals surface area contributed by atoms with Crippen LogP contribution in [0.15, 0.2) is 91.1 Å². The van der Waals surface area contributed by atoms with E-state index in [9.17, 15) is 0 Å². The molecule has 0 spiro atoms. The zero-order valence-corrected chi connectivity index (χ0v) is 22.0. The van der Waals surface area contributed by atoms with Crippen LogP contribution in [0.2, 0.25) is 0 Å². The fraction of sp³-hybridized carbons (Fsp3) is 0. The van der Waals surface area contributed by atoms with Gasteiger partial charge in [0, 0.05) is 53.1 Å². The topological polar surface area (TPSA) is 70.2 Å². The number of nitrogens with one attached hydrogen (secondary N) is 2. The Morgan fingerprint density at radius 1 is 0.486 bits per heavy atom. The molecule has 6 heteroatoms. The first-order valence-electron chi connectivity index (χ1n) is 11.1. The molecule has 35 heavy (non-hydrogen) atoms. The number of pyridine rings is 1. The number of aromatic amines is 2. The van der Waals surface area contributed by atoms with Gasteiger partial charge in [0.1, 0.15) is 0 Å². The molecule has 6 heterocycles. The van der Waals surface area contributed by atoms with E-state index in [0.717, 1.165) is 50.4 Å². The summed E-state index contributed by atoms with van der Waals surface area (Å²) in [7, 11) is 0. The second-order valence-corrected chi connectivity index (χ2v) is 8.10. The van der Waals surface area contributed by atoms with Gasteiger partial charge in [-0.15, -0.1) is 0 Å². The van der Waals surface area contributed by atoms with Crippen molar-refractivity contribution >= 4 is 57.3 Å². The fourth-order valence-electron chi connectivity index (χ4n) is 3.96. The monoisotopic (exact) mass is 503 g/mol. The molecule has 2 aliphatic rings. The summed E-state index contributed by atoms with van der Waals surface area (Å²) in [6, 6.07) is 28.5. The van der Waals surface area contributed by atoms with E-state index in [4.69, 9.17) is 0 Å². The van der Waals surface area contributed by atoms with Crippen LogP contribution in [0.25, 0.3) is 57.3 Å². The van der Waals surface area contributed by atoms with Gasteiger partial charge >= 0.3 is 0 Å². The Hall–Kier alpha value is -4.15. The zero-order chi connectivity index (χ0) is 22.7. The second-order valence-electron chi connectivity index (χ2n) is 8.10. The first kappa shape index (κ1) is 22.6. The molecule has 5 aromatic rings. The summed E-state index contributed by atoms with van der Waals surface area (Å²) in [6.45, 7) is 0. The number of H-pyrrole nitrogens is 2. The van der Waals surface area contributed by atoms with Gasteiger partial charge in [-0.3, -0.25) is 4.98 Å². The number of para-hydroxylation sites is 1. The molecule has 0 aliphatic carbocycles. The summed E-state index contributed by atoms with van der Waals surface area (Å²) in [5, 5.41) is 1.20.